The van der Waals surface area contributed by atoms with Crippen molar-refractivity contribution in [2.45, 2.75) is 39.0 Å². The maximum atomic E-state index is 11.8. The molecular weight excluding hydrogens is 220 g/mol. The molecule has 2 aromatic heterocycles. The van der Waals surface area contributed by atoms with Gasteiger partial charge in [0.15, 0.2) is 0 Å². The molecule has 1 N–H and O–H groups in total. The van der Waals surface area contributed by atoms with Gasteiger partial charge in [0.2, 0.25) is 0 Å². The van der Waals surface area contributed by atoms with Gasteiger partial charge in [-0.25, -0.2) is 5.10 Å². The molecule has 2 heterocycles. The van der Waals surface area contributed by atoms with E-state index >= 15 is 0 Å². The standard InChI is InChI=1S/C12H14N2OS/c1-6(2)10-9-7-4-3-5-8(7)16-11(9)12(15)14-13-10/h6H,3-5H2,1-2H3,(H,14,15). The van der Waals surface area contributed by atoms with Gasteiger partial charge in [-0.2, -0.15) is 5.10 Å². The van der Waals surface area contributed by atoms with Gasteiger partial charge in [0.1, 0.15) is 4.70 Å². The number of H-pyrrole nitrogens is 1. The molecule has 0 aromatic carbocycles. The van der Waals surface area contributed by atoms with Gasteiger partial charge in [-0.15, -0.1) is 11.3 Å². The summed E-state index contributed by atoms with van der Waals surface area (Å²) < 4.78 is 0.878. The second-order valence-corrected chi connectivity index (χ2v) is 5.76. The monoisotopic (exact) mass is 234 g/mol. The van der Waals surface area contributed by atoms with Crippen molar-refractivity contribution < 1.29 is 0 Å². The molecule has 84 valence electrons. The summed E-state index contributed by atoms with van der Waals surface area (Å²) in [6, 6.07) is 0. The average Bonchev–Trinajstić information content (AvgIpc) is 2.78. The third-order valence-electron chi connectivity index (χ3n) is 3.21. The third-order valence-corrected chi connectivity index (χ3v) is 4.50. The van der Waals surface area contributed by atoms with Crippen LogP contribution in [-0.2, 0) is 12.8 Å². The molecule has 16 heavy (non-hydrogen) atoms. The Morgan fingerprint density at radius 3 is 2.94 bits per heavy atom. The topological polar surface area (TPSA) is 45.8 Å². The highest BCUT2D eigenvalue weighted by Crippen LogP contribution is 2.38. The predicted octanol–water partition coefficient (Wildman–Crippen LogP) is 2.60. The lowest BCUT2D eigenvalue weighted by Crippen LogP contribution is -2.10. The van der Waals surface area contributed by atoms with Crippen LogP contribution in [0.1, 0.15) is 42.3 Å². The maximum Gasteiger partial charge on any atom is 0.282 e. The largest absolute Gasteiger partial charge is 0.282 e. The van der Waals surface area contributed by atoms with E-state index in [9.17, 15) is 4.79 Å². The van der Waals surface area contributed by atoms with E-state index in [-0.39, 0.29) is 5.56 Å². The quantitative estimate of drug-likeness (QED) is 0.824. The molecule has 4 heteroatoms. The second-order valence-electron chi connectivity index (χ2n) is 4.65. The first-order valence-corrected chi connectivity index (χ1v) is 6.53. The summed E-state index contributed by atoms with van der Waals surface area (Å²) in [6.07, 6.45) is 3.47. The van der Waals surface area contributed by atoms with Crippen LogP contribution in [0.4, 0.5) is 0 Å². The molecule has 0 saturated carbocycles. The Labute approximate surface area is 97.5 Å². The summed E-state index contributed by atoms with van der Waals surface area (Å²) in [6.45, 7) is 4.25. The average molecular weight is 234 g/mol. The predicted molar refractivity (Wildman–Crippen MR) is 66.4 cm³/mol. The molecule has 0 bridgehead atoms. The molecule has 0 fully saturated rings. The zero-order valence-electron chi connectivity index (χ0n) is 9.46. The number of hydrogen-bond donors (Lipinski definition) is 1. The normalized spacial score (nSPS) is 14.9. The van der Waals surface area contributed by atoms with E-state index in [1.807, 2.05) is 0 Å². The fourth-order valence-electron chi connectivity index (χ4n) is 2.47. The minimum Gasteiger partial charge on any atom is -0.266 e. The van der Waals surface area contributed by atoms with Gasteiger partial charge in [-0.3, -0.25) is 4.79 Å². The Bertz CT molecular complexity index is 609. The molecule has 0 amide bonds. The Morgan fingerprint density at radius 1 is 1.38 bits per heavy atom. The van der Waals surface area contributed by atoms with Crippen molar-refractivity contribution in [1.82, 2.24) is 10.2 Å². The van der Waals surface area contributed by atoms with Gasteiger partial charge in [0.25, 0.3) is 5.56 Å². The second kappa shape index (κ2) is 3.42. The van der Waals surface area contributed by atoms with E-state index in [1.54, 1.807) is 11.3 Å². The van der Waals surface area contributed by atoms with Crippen LogP contribution >= 0.6 is 11.3 Å². The van der Waals surface area contributed by atoms with Crippen LogP contribution < -0.4 is 5.56 Å². The Balaban J connectivity index is 2.45. The zero-order chi connectivity index (χ0) is 11.3. The Morgan fingerprint density at radius 2 is 2.19 bits per heavy atom. The summed E-state index contributed by atoms with van der Waals surface area (Å²) in [5.74, 6) is 0.360. The summed E-state index contributed by atoms with van der Waals surface area (Å²) in [7, 11) is 0. The molecule has 0 unspecified atom stereocenters. The lowest BCUT2D eigenvalue weighted by atomic mass is 10.0. The van der Waals surface area contributed by atoms with Crippen LogP contribution in [0.25, 0.3) is 10.1 Å². The summed E-state index contributed by atoms with van der Waals surface area (Å²) >= 11 is 1.66. The van der Waals surface area contributed by atoms with Gasteiger partial charge in [0, 0.05) is 10.3 Å². The molecule has 3 rings (SSSR count). The van der Waals surface area contributed by atoms with E-state index in [1.165, 1.54) is 16.9 Å². The highest BCUT2D eigenvalue weighted by molar-refractivity contribution is 7.19. The highest BCUT2D eigenvalue weighted by atomic mass is 32.1. The zero-order valence-corrected chi connectivity index (χ0v) is 10.3. The van der Waals surface area contributed by atoms with Crippen molar-refractivity contribution in [3.8, 4) is 0 Å². The summed E-state index contributed by atoms with van der Waals surface area (Å²) in [5, 5.41) is 7.99. The van der Waals surface area contributed by atoms with E-state index < -0.39 is 0 Å². The van der Waals surface area contributed by atoms with E-state index in [0.717, 1.165) is 28.6 Å². The molecule has 1 aliphatic carbocycles. The van der Waals surface area contributed by atoms with Crippen molar-refractivity contribution in [1.29, 1.82) is 0 Å². The number of hydrogen-bond acceptors (Lipinski definition) is 3. The van der Waals surface area contributed by atoms with Crippen molar-refractivity contribution in [3.05, 3.63) is 26.5 Å². The first-order valence-electron chi connectivity index (χ1n) is 5.71. The van der Waals surface area contributed by atoms with Gasteiger partial charge >= 0.3 is 0 Å². The fourth-order valence-corrected chi connectivity index (χ4v) is 3.76. The Hall–Kier alpha value is -1.16. The molecule has 2 aromatic rings. The summed E-state index contributed by atoms with van der Waals surface area (Å²) in [4.78, 5) is 13.1. The van der Waals surface area contributed by atoms with Gasteiger partial charge in [-0.05, 0) is 30.7 Å². The van der Waals surface area contributed by atoms with Gasteiger partial charge in [0.05, 0.1) is 5.69 Å². The number of nitrogens with one attached hydrogen (secondary N) is 1. The van der Waals surface area contributed by atoms with E-state index in [0.29, 0.717) is 5.92 Å². The van der Waals surface area contributed by atoms with Crippen LogP contribution in [0.5, 0.6) is 0 Å². The fraction of sp³-hybridized carbons (Fsp3) is 0.500. The minimum absolute atomic E-state index is 0.0289. The van der Waals surface area contributed by atoms with Gasteiger partial charge < -0.3 is 0 Å². The van der Waals surface area contributed by atoms with Gasteiger partial charge in [-0.1, -0.05) is 13.8 Å². The molecule has 1 aliphatic rings. The van der Waals surface area contributed by atoms with Crippen molar-refractivity contribution >= 4 is 21.4 Å². The molecule has 0 aliphatic heterocycles. The lowest BCUT2D eigenvalue weighted by molar-refractivity contribution is 0.791. The van der Waals surface area contributed by atoms with Crippen molar-refractivity contribution in [2.75, 3.05) is 0 Å². The molecule has 0 radical (unpaired) electrons. The summed E-state index contributed by atoms with van der Waals surface area (Å²) in [5.41, 5.74) is 2.41. The molecule has 0 spiro atoms. The van der Waals surface area contributed by atoms with Crippen molar-refractivity contribution in [2.24, 2.45) is 0 Å². The number of aromatic amines is 1. The molecule has 3 nitrogen and oxygen atoms in total. The number of fused-ring (bicyclic) bond motifs is 3. The number of rotatable bonds is 1. The number of thiophene rings is 1. The molecule has 0 atom stereocenters. The lowest BCUT2D eigenvalue weighted by Gasteiger charge is -2.06. The number of aryl methyl sites for hydroxylation is 2. The van der Waals surface area contributed by atoms with E-state index in [2.05, 4.69) is 24.0 Å². The van der Waals surface area contributed by atoms with Crippen LogP contribution in [0.2, 0.25) is 0 Å². The van der Waals surface area contributed by atoms with Crippen LogP contribution in [-0.4, -0.2) is 10.2 Å². The van der Waals surface area contributed by atoms with Crippen molar-refractivity contribution in [3.63, 3.8) is 0 Å². The first-order chi connectivity index (χ1) is 7.68. The number of nitrogens with zero attached hydrogens (tertiary/aromatic N) is 1. The third kappa shape index (κ3) is 1.26. The molecular formula is C12H14N2OS. The van der Waals surface area contributed by atoms with Crippen LogP contribution in [0, 0.1) is 0 Å². The Kier molecular flexibility index (Phi) is 2.14. The highest BCUT2D eigenvalue weighted by Gasteiger charge is 2.22. The molecule has 0 saturated heterocycles. The van der Waals surface area contributed by atoms with E-state index in [4.69, 9.17) is 0 Å². The first kappa shape index (κ1) is 10.0. The SMILES string of the molecule is CC(C)c1n[nH]c(=O)c2sc3c(c12)CCC3. The minimum atomic E-state index is -0.0289. The number of aromatic nitrogens is 2. The van der Waals surface area contributed by atoms with Crippen LogP contribution in [0.3, 0.4) is 0 Å². The smallest absolute Gasteiger partial charge is 0.266 e. The van der Waals surface area contributed by atoms with Crippen LogP contribution in [0.15, 0.2) is 4.79 Å². The maximum absolute atomic E-state index is 11.8.